The molecule has 2 aromatic rings. The number of ketones is 1. The van der Waals surface area contributed by atoms with E-state index in [4.69, 9.17) is 0 Å². The maximum absolute atomic E-state index is 12.0. The largest absolute Gasteiger partial charge is 0.289 e. The fourth-order valence-corrected chi connectivity index (χ4v) is 1.52. The fourth-order valence-electron chi connectivity index (χ4n) is 1.52. The molecule has 0 aromatic heterocycles. The molecule has 0 aliphatic rings. The lowest BCUT2D eigenvalue weighted by atomic mass is 10.0. The van der Waals surface area contributed by atoms with E-state index in [1.807, 2.05) is 18.2 Å². The Morgan fingerprint density at radius 1 is 0.882 bits per heavy atom. The Morgan fingerprint density at radius 3 is 2.06 bits per heavy atom. The van der Waals surface area contributed by atoms with Crippen LogP contribution in [0.25, 0.3) is 0 Å². The summed E-state index contributed by atoms with van der Waals surface area (Å²) in [6, 6.07) is 15.6. The van der Waals surface area contributed by atoms with Gasteiger partial charge in [0, 0.05) is 16.7 Å². The first-order chi connectivity index (χ1) is 8.31. The van der Waals surface area contributed by atoms with Crippen molar-refractivity contribution in [3.63, 3.8) is 0 Å². The van der Waals surface area contributed by atoms with E-state index in [2.05, 4.69) is 5.92 Å². The summed E-state index contributed by atoms with van der Waals surface area (Å²) in [7, 11) is 0. The monoisotopic (exact) mass is 224 g/mol. The molecule has 1 nitrogen and oxygen atoms in total. The highest BCUT2D eigenvalue weighted by Crippen LogP contribution is 2.10. The van der Waals surface area contributed by atoms with Gasteiger partial charge in [-0.3, -0.25) is 4.79 Å². The van der Waals surface area contributed by atoms with Crippen molar-refractivity contribution in [2.75, 3.05) is 0 Å². The summed E-state index contributed by atoms with van der Waals surface area (Å²) >= 11 is 0. The van der Waals surface area contributed by atoms with Gasteiger partial charge in [0.1, 0.15) is 6.17 Å². The molecule has 0 fully saturated rings. The quantitative estimate of drug-likeness (QED) is 0.565. The van der Waals surface area contributed by atoms with E-state index in [1.54, 1.807) is 36.4 Å². The molecular formula is C15H9FO. The molecule has 0 N–H and O–H groups in total. The van der Waals surface area contributed by atoms with E-state index in [9.17, 15) is 9.18 Å². The number of carbonyl (C=O) groups excluding carboxylic acids is 1. The van der Waals surface area contributed by atoms with Crippen molar-refractivity contribution in [3.8, 4) is 12.1 Å². The molecule has 2 heteroatoms. The fraction of sp³-hybridized carbons (Fsp3) is 0. The molecule has 0 spiro atoms. The molecule has 0 amide bonds. The first-order valence-corrected chi connectivity index (χ1v) is 5.13. The van der Waals surface area contributed by atoms with Crippen LogP contribution in [0.2, 0.25) is 0 Å². The number of rotatable bonds is 2. The van der Waals surface area contributed by atoms with Crippen LogP contribution in [0.3, 0.4) is 0 Å². The second-order valence-electron chi connectivity index (χ2n) is 3.49. The Kier molecular flexibility index (Phi) is 3.32. The topological polar surface area (TPSA) is 17.1 Å². The lowest BCUT2D eigenvalue weighted by Crippen LogP contribution is -2.00. The van der Waals surface area contributed by atoms with Gasteiger partial charge in [-0.15, -0.1) is 4.39 Å². The highest BCUT2D eigenvalue weighted by Gasteiger charge is 2.07. The molecule has 0 atom stereocenters. The Bertz CT molecular complexity index is 574. The van der Waals surface area contributed by atoms with Gasteiger partial charge in [0.25, 0.3) is 0 Å². The van der Waals surface area contributed by atoms with Gasteiger partial charge in [0.2, 0.25) is 0 Å². The summed E-state index contributed by atoms with van der Waals surface area (Å²) in [4.78, 5) is 12.0. The third-order valence-electron chi connectivity index (χ3n) is 2.37. The van der Waals surface area contributed by atoms with Crippen LogP contribution in [0.15, 0.2) is 54.6 Å². The van der Waals surface area contributed by atoms with Crippen LogP contribution in [-0.2, 0) is 0 Å². The Labute approximate surface area is 98.9 Å². The molecular weight excluding hydrogens is 215 g/mol. The van der Waals surface area contributed by atoms with Crippen LogP contribution in [0.1, 0.15) is 21.5 Å². The van der Waals surface area contributed by atoms with Crippen molar-refractivity contribution >= 4 is 5.78 Å². The van der Waals surface area contributed by atoms with Crippen LogP contribution in [-0.4, -0.2) is 5.78 Å². The van der Waals surface area contributed by atoms with Crippen molar-refractivity contribution in [2.24, 2.45) is 0 Å². The van der Waals surface area contributed by atoms with Crippen molar-refractivity contribution in [3.05, 3.63) is 71.3 Å². The molecule has 0 unspecified atom stereocenters. The van der Waals surface area contributed by atoms with Gasteiger partial charge >= 0.3 is 0 Å². The summed E-state index contributed by atoms with van der Waals surface area (Å²) in [5, 5.41) is 0. The van der Waals surface area contributed by atoms with Crippen molar-refractivity contribution in [1.29, 1.82) is 0 Å². The Balaban J connectivity index is 2.28. The molecule has 0 aliphatic heterocycles. The second-order valence-corrected chi connectivity index (χ2v) is 3.49. The highest BCUT2D eigenvalue weighted by molar-refractivity contribution is 6.08. The van der Waals surface area contributed by atoms with E-state index in [1.165, 1.54) is 6.17 Å². The van der Waals surface area contributed by atoms with Gasteiger partial charge in [0.05, 0.1) is 0 Å². The molecule has 0 heterocycles. The molecule has 82 valence electrons. The lowest BCUT2D eigenvalue weighted by Gasteiger charge is -2.00. The summed E-state index contributed by atoms with van der Waals surface area (Å²) in [6.45, 7) is 0. The molecule has 0 radical (unpaired) electrons. The zero-order chi connectivity index (χ0) is 12.1. The summed E-state index contributed by atoms with van der Waals surface area (Å²) in [5.41, 5.74) is 1.76. The van der Waals surface area contributed by atoms with Crippen molar-refractivity contribution in [1.82, 2.24) is 0 Å². The minimum atomic E-state index is -0.0506. The number of benzene rings is 2. The third-order valence-corrected chi connectivity index (χ3v) is 2.37. The zero-order valence-corrected chi connectivity index (χ0v) is 8.98. The van der Waals surface area contributed by atoms with Gasteiger partial charge in [-0.1, -0.05) is 30.3 Å². The van der Waals surface area contributed by atoms with E-state index in [0.717, 1.165) is 0 Å². The molecule has 17 heavy (non-hydrogen) atoms. The van der Waals surface area contributed by atoms with Crippen LogP contribution >= 0.6 is 0 Å². The van der Waals surface area contributed by atoms with Crippen LogP contribution < -0.4 is 0 Å². The summed E-state index contributed by atoms with van der Waals surface area (Å²) in [5.74, 6) is 2.23. The number of hydrogen-bond donors (Lipinski definition) is 0. The second kappa shape index (κ2) is 5.09. The minimum absolute atomic E-state index is 0.0506. The van der Waals surface area contributed by atoms with E-state index in [-0.39, 0.29) is 5.78 Å². The van der Waals surface area contributed by atoms with Crippen LogP contribution in [0.4, 0.5) is 4.39 Å². The average Bonchev–Trinajstić information content (AvgIpc) is 2.40. The number of hydrogen-bond acceptors (Lipinski definition) is 1. The molecule has 0 saturated carbocycles. The van der Waals surface area contributed by atoms with Gasteiger partial charge in [-0.25, -0.2) is 0 Å². The normalized spacial score (nSPS) is 9.24. The smallest absolute Gasteiger partial charge is 0.193 e. The molecule has 2 aromatic carbocycles. The SMILES string of the molecule is O=C(c1ccccc1)c1ccc(C#CF)cc1. The lowest BCUT2D eigenvalue weighted by molar-refractivity contribution is 0.103. The van der Waals surface area contributed by atoms with Crippen LogP contribution in [0.5, 0.6) is 0 Å². The number of carbonyl (C=O) groups is 1. The molecule has 0 aliphatic carbocycles. The van der Waals surface area contributed by atoms with Gasteiger partial charge in [-0.2, -0.15) is 0 Å². The van der Waals surface area contributed by atoms with E-state index >= 15 is 0 Å². The average molecular weight is 224 g/mol. The standard InChI is InChI=1S/C15H9FO/c16-11-10-12-6-8-14(9-7-12)15(17)13-4-2-1-3-5-13/h1-9H. The van der Waals surface area contributed by atoms with Gasteiger partial charge < -0.3 is 0 Å². The van der Waals surface area contributed by atoms with E-state index in [0.29, 0.717) is 16.7 Å². The van der Waals surface area contributed by atoms with Crippen molar-refractivity contribution in [2.45, 2.75) is 0 Å². The first kappa shape index (κ1) is 11.1. The highest BCUT2D eigenvalue weighted by atomic mass is 19.1. The van der Waals surface area contributed by atoms with Crippen molar-refractivity contribution < 1.29 is 9.18 Å². The minimum Gasteiger partial charge on any atom is -0.289 e. The molecule has 2 rings (SSSR count). The zero-order valence-electron chi connectivity index (χ0n) is 8.98. The first-order valence-electron chi connectivity index (χ1n) is 5.13. The summed E-state index contributed by atoms with van der Waals surface area (Å²) < 4.78 is 11.8. The van der Waals surface area contributed by atoms with Crippen LogP contribution in [0, 0.1) is 12.1 Å². The van der Waals surface area contributed by atoms with E-state index < -0.39 is 0 Å². The van der Waals surface area contributed by atoms with Gasteiger partial charge in [0.15, 0.2) is 5.78 Å². The summed E-state index contributed by atoms with van der Waals surface area (Å²) in [6.07, 6.45) is 1.33. The predicted octanol–water partition coefficient (Wildman–Crippen LogP) is 3.20. The molecule has 0 saturated heterocycles. The Morgan fingerprint density at radius 2 is 1.47 bits per heavy atom. The van der Waals surface area contributed by atoms with Gasteiger partial charge in [-0.05, 0) is 30.2 Å². The maximum atomic E-state index is 12.0. The maximum Gasteiger partial charge on any atom is 0.193 e. The predicted molar refractivity (Wildman–Crippen MR) is 64.3 cm³/mol. The Hall–Kier alpha value is -2.40. The number of halogens is 1. The third kappa shape index (κ3) is 2.59. The molecule has 0 bridgehead atoms.